The zero-order valence-electron chi connectivity index (χ0n) is 26.1. The fourth-order valence-electron chi connectivity index (χ4n) is 7.25. The van der Waals surface area contributed by atoms with Gasteiger partial charge in [0, 0.05) is 36.0 Å². The topological polar surface area (TPSA) is 164 Å². The number of nitrogens with two attached hydrogens (primary N) is 1. The van der Waals surface area contributed by atoms with Crippen molar-refractivity contribution in [3.8, 4) is 0 Å². The van der Waals surface area contributed by atoms with Crippen LogP contribution in [-0.2, 0) is 25.6 Å². The van der Waals surface area contributed by atoms with E-state index in [1.807, 2.05) is 26.2 Å². The van der Waals surface area contributed by atoms with Gasteiger partial charge in [-0.05, 0) is 42.9 Å². The number of carbonyl (C=O) groups excluding carboxylic acids is 5. The summed E-state index contributed by atoms with van der Waals surface area (Å²) in [6, 6.07) is -3.48. The Hall–Kier alpha value is -2.44. The average molecular weight is 684 g/mol. The van der Waals surface area contributed by atoms with Crippen LogP contribution in [0, 0.1) is 23.2 Å². The summed E-state index contributed by atoms with van der Waals surface area (Å²) in [5, 5.41) is 11.8. The lowest BCUT2D eigenvalue weighted by Crippen LogP contribution is -2.63. The van der Waals surface area contributed by atoms with Gasteiger partial charge in [0.05, 0.1) is 11.0 Å². The third-order valence-electron chi connectivity index (χ3n) is 9.95. The van der Waals surface area contributed by atoms with E-state index in [0.717, 1.165) is 50.0 Å². The Balaban J connectivity index is 1.35. The molecule has 1 aromatic rings. The van der Waals surface area contributed by atoms with Crippen LogP contribution in [0.15, 0.2) is 11.6 Å². The standard InChI is InChI=1S/C31H44Cl2N6O5S/c1-29(2,3)24(37-28(44)38-30(9-5-4-6-10-30)15-21-35-11-12-45-21)27(43)39-16-19-18(14-31(19,32)33)22(39)26(42)36-20(13-17-7-8-17)23(40)25(34)41/h11-12,17-20,22,24H,4-10,13-16H2,1-3H3,(H2,34,41)(H,36,42)(H2,37,38,44)/t18-,19-,20?,22-,24+/m0/s1. The quantitative estimate of drug-likeness (QED) is 0.206. The first-order valence-corrected chi connectivity index (χ1v) is 17.5. The maximum Gasteiger partial charge on any atom is 0.315 e. The fourth-order valence-corrected chi connectivity index (χ4v) is 8.83. The van der Waals surface area contributed by atoms with Crippen LogP contribution in [0.2, 0.25) is 0 Å². The fraction of sp³-hybridized carbons (Fsp3) is 0.742. The number of hydrogen-bond acceptors (Lipinski definition) is 7. The number of ketones is 1. The number of primary amides is 1. The molecule has 5 atom stereocenters. The number of rotatable bonds is 11. The van der Waals surface area contributed by atoms with E-state index < -0.39 is 62.9 Å². The van der Waals surface area contributed by atoms with Crippen molar-refractivity contribution < 1.29 is 24.0 Å². The first-order chi connectivity index (χ1) is 21.1. The molecule has 4 aliphatic rings. The van der Waals surface area contributed by atoms with Gasteiger partial charge in [-0.3, -0.25) is 19.2 Å². The van der Waals surface area contributed by atoms with E-state index in [1.165, 1.54) is 4.90 Å². The van der Waals surface area contributed by atoms with Gasteiger partial charge >= 0.3 is 6.03 Å². The zero-order chi connectivity index (χ0) is 32.7. The number of alkyl halides is 2. The van der Waals surface area contributed by atoms with Crippen molar-refractivity contribution in [2.45, 2.75) is 113 Å². The van der Waals surface area contributed by atoms with E-state index in [9.17, 15) is 24.0 Å². The van der Waals surface area contributed by atoms with Crippen LogP contribution in [0.3, 0.4) is 0 Å². The molecule has 1 aromatic heterocycles. The van der Waals surface area contributed by atoms with Crippen molar-refractivity contribution in [1.29, 1.82) is 0 Å². The minimum atomic E-state index is -1.11. The lowest BCUT2D eigenvalue weighted by atomic mass is 9.71. The van der Waals surface area contributed by atoms with Crippen molar-refractivity contribution in [2.24, 2.45) is 28.9 Å². The van der Waals surface area contributed by atoms with Gasteiger partial charge in [0.25, 0.3) is 5.91 Å². The van der Waals surface area contributed by atoms with Gasteiger partial charge in [-0.1, -0.05) is 52.9 Å². The van der Waals surface area contributed by atoms with Crippen molar-refractivity contribution in [1.82, 2.24) is 25.8 Å². The van der Waals surface area contributed by atoms with E-state index in [1.54, 1.807) is 17.5 Å². The Labute approximate surface area is 278 Å². The van der Waals surface area contributed by atoms with Crippen molar-refractivity contribution >= 4 is 64.1 Å². The number of thiazole rings is 1. The molecule has 5 rings (SSSR count). The predicted octanol–water partition coefficient (Wildman–Crippen LogP) is 3.46. The Morgan fingerprint density at radius 3 is 2.36 bits per heavy atom. The van der Waals surface area contributed by atoms with Gasteiger partial charge in [-0.25, -0.2) is 9.78 Å². The highest BCUT2D eigenvalue weighted by Crippen LogP contribution is 2.58. The van der Waals surface area contributed by atoms with Gasteiger partial charge in [0.15, 0.2) is 0 Å². The summed E-state index contributed by atoms with van der Waals surface area (Å²) in [5.41, 5.74) is 4.10. The van der Waals surface area contributed by atoms with Gasteiger partial charge in [-0.15, -0.1) is 34.5 Å². The summed E-state index contributed by atoms with van der Waals surface area (Å²) in [5.74, 6) is -3.45. The van der Waals surface area contributed by atoms with Crippen LogP contribution >= 0.6 is 34.5 Å². The van der Waals surface area contributed by atoms with E-state index >= 15 is 0 Å². The molecule has 2 heterocycles. The number of carbonyl (C=O) groups is 5. The van der Waals surface area contributed by atoms with E-state index in [4.69, 9.17) is 28.9 Å². The number of nitrogens with zero attached hydrogens (tertiary/aromatic N) is 2. The maximum atomic E-state index is 14.4. The number of amides is 5. The molecular weight excluding hydrogens is 639 g/mol. The molecule has 0 radical (unpaired) electrons. The number of halogens is 2. The number of aromatic nitrogens is 1. The third kappa shape index (κ3) is 7.59. The number of nitrogens with one attached hydrogen (secondary N) is 3. The molecule has 1 saturated heterocycles. The average Bonchev–Trinajstić information content (AvgIpc) is 3.50. The van der Waals surface area contributed by atoms with Gasteiger partial charge in [0.1, 0.15) is 16.4 Å². The highest BCUT2D eigenvalue weighted by molar-refractivity contribution is 7.09. The first kappa shape index (κ1) is 33.9. The van der Waals surface area contributed by atoms with Crippen LogP contribution in [-0.4, -0.2) is 74.0 Å². The number of hydrogen-bond donors (Lipinski definition) is 4. The second-order valence-corrected chi connectivity index (χ2v) is 17.0. The Morgan fingerprint density at radius 2 is 1.80 bits per heavy atom. The Kier molecular flexibility index (Phi) is 9.79. The largest absolute Gasteiger partial charge is 0.363 e. The van der Waals surface area contributed by atoms with Crippen molar-refractivity contribution in [3.05, 3.63) is 16.6 Å². The van der Waals surface area contributed by atoms with Gasteiger partial charge < -0.3 is 26.6 Å². The number of fused-ring (bicyclic) bond motifs is 1. The monoisotopic (exact) mass is 682 g/mol. The smallest absolute Gasteiger partial charge is 0.315 e. The molecular formula is C31H44Cl2N6O5S. The minimum Gasteiger partial charge on any atom is -0.363 e. The number of urea groups is 1. The molecule has 14 heteroatoms. The molecule has 3 aliphatic carbocycles. The molecule has 3 saturated carbocycles. The predicted molar refractivity (Wildman–Crippen MR) is 172 cm³/mol. The van der Waals surface area contributed by atoms with Crippen LogP contribution < -0.4 is 21.7 Å². The minimum absolute atomic E-state index is 0.121. The molecule has 0 aromatic carbocycles. The third-order valence-corrected chi connectivity index (χ3v) is 11.6. The summed E-state index contributed by atoms with van der Waals surface area (Å²) in [4.78, 5) is 72.2. The lowest BCUT2D eigenvalue weighted by Gasteiger charge is -2.44. The first-order valence-electron chi connectivity index (χ1n) is 15.9. The SMILES string of the molecule is CC(C)(C)[C@H](NC(=O)NC1(Cc2nccs2)CCCCC1)C(=O)N1C[C@H]2[C@H](CC2(Cl)Cl)[C@H]1C(=O)NC(CC1CC1)C(=O)C(N)=O. The number of likely N-dealkylation sites (tertiary alicyclic amines) is 1. The highest BCUT2D eigenvalue weighted by atomic mass is 35.5. The van der Waals surface area contributed by atoms with E-state index in [2.05, 4.69) is 20.9 Å². The Bertz CT molecular complexity index is 1310. The lowest BCUT2D eigenvalue weighted by molar-refractivity contribution is -0.144. The molecule has 0 spiro atoms. The van der Waals surface area contributed by atoms with Crippen LogP contribution in [0.5, 0.6) is 0 Å². The number of Topliss-reactive ketones (excluding diaryl/α,β-unsaturated/α-hetero) is 1. The molecule has 5 N–H and O–H groups in total. The van der Waals surface area contributed by atoms with E-state index in [-0.39, 0.29) is 30.7 Å². The van der Waals surface area contributed by atoms with Crippen molar-refractivity contribution in [3.63, 3.8) is 0 Å². The highest BCUT2D eigenvalue weighted by Gasteiger charge is 2.64. The molecule has 0 bridgehead atoms. The molecule has 4 fully saturated rings. The zero-order valence-corrected chi connectivity index (χ0v) is 28.4. The van der Waals surface area contributed by atoms with Crippen LogP contribution in [0.25, 0.3) is 0 Å². The van der Waals surface area contributed by atoms with Crippen LogP contribution in [0.4, 0.5) is 4.79 Å². The van der Waals surface area contributed by atoms with Gasteiger partial charge in [-0.2, -0.15) is 0 Å². The normalized spacial score (nSPS) is 26.5. The molecule has 1 aliphatic heterocycles. The van der Waals surface area contributed by atoms with Gasteiger partial charge in [0.2, 0.25) is 17.6 Å². The second kappa shape index (κ2) is 13.0. The summed E-state index contributed by atoms with van der Waals surface area (Å²) in [6.07, 6.45) is 9.48. The van der Waals surface area contributed by atoms with Crippen molar-refractivity contribution in [2.75, 3.05) is 6.54 Å². The summed E-state index contributed by atoms with van der Waals surface area (Å²) < 4.78 is -1.11. The molecule has 248 valence electrons. The maximum absolute atomic E-state index is 14.4. The molecule has 5 amide bonds. The second-order valence-electron chi connectivity index (χ2n) is 14.5. The van der Waals surface area contributed by atoms with Crippen LogP contribution in [0.1, 0.15) is 83.6 Å². The Morgan fingerprint density at radius 1 is 1.11 bits per heavy atom. The summed E-state index contributed by atoms with van der Waals surface area (Å²) >= 11 is 14.7. The molecule has 45 heavy (non-hydrogen) atoms. The molecule has 11 nitrogen and oxygen atoms in total. The summed E-state index contributed by atoms with van der Waals surface area (Å²) in [7, 11) is 0. The summed E-state index contributed by atoms with van der Waals surface area (Å²) in [6.45, 7) is 5.68. The molecule has 1 unspecified atom stereocenters. The van der Waals surface area contributed by atoms with E-state index in [0.29, 0.717) is 12.8 Å².